The molecule has 0 unspecified atom stereocenters. The Kier molecular flexibility index (Phi) is 4.34. The van der Waals surface area contributed by atoms with Gasteiger partial charge in [-0.3, -0.25) is 4.55 Å². The van der Waals surface area contributed by atoms with Gasteiger partial charge in [0.2, 0.25) is 0 Å². The number of rotatable bonds is 3. The molecule has 0 aliphatic carbocycles. The predicted molar refractivity (Wildman–Crippen MR) is 92.7 cm³/mol. The number of phenolic OH excluding ortho intramolecular Hbond substituents is 2. The topological polar surface area (TPSA) is 120 Å². The van der Waals surface area contributed by atoms with Gasteiger partial charge in [0.25, 0.3) is 10.1 Å². The minimum Gasteiger partial charge on any atom is -0.506 e. The van der Waals surface area contributed by atoms with Crippen molar-refractivity contribution < 1.29 is 23.2 Å². The predicted octanol–water partition coefficient (Wildman–Crippen LogP) is 4.57. The van der Waals surface area contributed by atoms with Crippen molar-refractivity contribution in [1.82, 2.24) is 0 Å². The maximum Gasteiger partial charge on any atom is 0.295 e. The highest BCUT2D eigenvalue weighted by Gasteiger charge is 2.19. The van der Waals surface area contributed by atoms with Crippen LogP contribution in [0.25, 0.3) is 10.8 Å². The van der Waals surface area contributed by atoms with E-state index in [4.69, 9.17) is 11.6 Å². The summed E-state index contributed by atoms with van der Waals surface area (Å²) in [5, 5.41) is 28.3. The van der Waals surface area contributed by atoms with Crippen LogP contribution in [0.5, 0.6) is 11.5 Å². The molecule has 0 aromatic heterocycles. The molecule has 0 saturated carbocycles. The summed E-state index contributed by atoms with van der Waals surface area (Å²) in [7, 11) is -4.55. The van der Waals surface area contributed by atoms with Crippen LogP contribution in [0.3, 0.4) is 0 Å². The van der Waals surface area contributed by atoms with Crippen molar-refractivity contribution in [1.29, 1.82) is 0 Å². The molecule has 3 rings (SSSR count). The van der Waals surface area contributed by atoms with Crippen LogP contribution in [0.2, 0.25) is 5.02 Å². The summed E-state index contributed by atoms with van der Waals surface area (Å²) < 4.78 is 32.7. The van der Waals surface area contributed by atoms with E-state index in [1.807, 2.05) is 0 Å². The van der Waals surface area contributed by atoms with Crippen molar-refractivity contribution in [3.05, 3.63) is 53.6 Å². The Balaban J connectivity index is 2.21. The highest BCUT2D eigenvalue weighted by molar-refractivity contribution is 7.86. The van der Waals surface area contributed by atoms with Gasteiger partial charge in [-0.1, -0.05) is 35.9 Å². The van der Waals surface area contributed by atoms with Gasteiger partial charge in [0.1, 0.15) is 22.0 Å². The minimum atomic E-state index is -4.55. The zero-order valence-electron chi connectivity index (χ0n) is 12.5. The Morgan fingerprint density at radius 2 is 1.52 bits per heavy atom. The van der Waals surface area contributed by atoms with Gasteiger partial charge >= 0.3 is 0 Å². The van der Waals surface area contributed by atoms with Crippen LogP contribution >= 0.6 is 11.6 Å². The lowest BCUT2D eigenvalue weighted by molar-refractivity contribution is 0.475. The lowest BCUT2D eigenvalue weighted by Gasteiger charge is -2.08. The number of nitrogens with zero attached hydrogens (tertiary/aromatic N) is 2. The number of fused-ring (bicyclic) bond motifs is 1. The van der Waals surface area contributed by atoms with E-state index < -0.39 is 15.0 Å². The summed E-state index contributed by atoms with van der Waals surface area (Å²) in [5.74, 6) is -0.503. The Morgan fingerprint density at radius 3 is 2.20 bits per heavy atom. The van der Waals surface area contributed by atoms with Gasteiger partial charge in [0.15, 0.2) is 5.75 Å². The van der Waals surface area contributed by atoms with Crippen molar-refractivity contribution >= 4 is 43.9 Å². The lowest BCUT2D eigenvalue weighted by Crippen LogP contribution is -1.99. The fourth-order valence-electron chi connectivity index (χ4n) is 2.29. The number of azo groups is 1. The highest BCUT2D eigenvalue weighted by atomic mass is 35.5. The van der Waals surface area contributed by atoms with Crippen molar-refractivity contribution in [2.45, 2.75) is 4.90 Å². The first-order valence-corrected chi connectivity index (χ1v) is 8.71. The fourth-order valence-corrected chi connectivity index (χ4v) is 3.17. The Morgan fingerprint density at radius 1 is 0.880 bits per heavy atom. The van der Waals surface area contributed by atoms with Crippen molar-refractivity contribution in [2.24, 2.45) is 10.2 Å². The van der Waals surface area contributed by atoms with Crippen LogP contribution in [0, 0.1) is 0 Å². The van der Waals surface area contributed by atoms with Crippen LogP contribution in [0.4, 0.5) is 11.4 Å². The maximum atomic E-state index is 11.6. The van der Waals surface area contributed by atoms with Crippen LogP contribution in [0.1, 0.15) is 0 Å². The first-order valence-electron chi connectivity index (χ1n) is 6.90. The van der Waals surface area contributed by atoms with Gasteiger partial charge in [-0.15, -0.1) is 10.2 Å². The number of phenols is 2. The Hall–Kier alpha value is -2.68. The quantitative estimate of drug-likeness (QED) is 0.455. The number of aromatic hydroxyl groups is 2. The van der Waals surface area contributed by atoms with Gasteiger partial charge in [0.05, 0.1) is 0 Å². The van der Waals surface area contributed by atoms with Crippen molar-refractivity contribution in [3.63, 3.8) is 0 Å². The molecule has 128 valence electrons. The largest absolute Gasteiger partial charge is 0.506 e. The average molecular weight is 379 g/mol. The summed E-state index contributed by atoms with van der Waals surface area (Å²) in [5.41, 5.74) is -0.154. The average Bonchev–Trinajstić information content (AvgIpc) is 2.56. The summed E-state index contributed by atoms with van der Waals surface area (Å²) in [6.07, 6.45) is 0. The molecule has 7 nitrogen and oxygen atoms in total. The smallest absolute Gasteiger partial charge is 0.295 e. The summed E-state index contributed by atoms with van der Waals surface area (Å²) in [6, 6.07) is 11.2. The second-order valence-corrected chi connectivity index (χ2v) is 6.92. The SMILES string of the molecule is O=S(=O)(O)c1cc(N=Nc2cc(Cl)ccc2O)c(O)c2ccccc12. The van der Waals surface area contributed by atoms with E-state index >= 15 is 0 Å². The number of hydrogen-bond donors (Lipinski definition) is 3. The molecule has 0 aliphatic rings. The molecule has 0 heterocycles. The Bertz CT molecular complexity index is 1110. The molecule has 3 aromatic carbocycles. The van der Waals surface area contributed by atoms with Gasteiger partial charge in [0, 0.05) is 15.8 Å². The van der Waals surface area contributed by atoms with E-state index in [0.717, 1.165) is 6.07 Å². The summed E-state index contributed by atoms with van der Waals surface area (Å²) in [4.78, 5) is -0.412. The molecule has 0 bridgehead atoms. The normalized spacial score (nSPS) is 12.1. The van der Waals surface area contributed by atoms with E-state index in [0.29, 0.717) is 5.02 Å². The minimum absolute atomic E-state index is 0.0356. The molecule has 3 aromatic rings. The van der Waals surface area contributed by atoms with Crippen LogP contribution in [-0.4, -0.2) is 23.2 Å². The van der Waals surface area contributed by atoms with Crippen LogP contribution in [-0.2, 0) is 10.1 Å². The molecule has 0 saturated heterocycles. The monoisotopic (exact) mass is 378 g/mol. The van der Waals surface area contributed by atoms with Crippen molar-refractivity contribution in [3.8, 4) is 11.5 Å². The second-order valence-electron chi connectivity index (χ2n) is 5.10. The first kappa shape index (κ1) is 17.2. The molecule has 0 spiro atoms. The third-order valence-electron chi connectivity index (χ3n) is 3.44. The molecule has 0 radical (unpaired) electrons. The van der Waals surface area contributed by atoms with E-state index in [2.05, 4.69) is 10.2 Å². The van der Waals surface area contributed by atoms with E-state index in [1.54, 1.807) is 12.1 Å². The molecule has 0 atom stereocenters. The second kappa shape index (κ2) is 6.32. The van der Waals surface area contributed by atoms with Crippen LogP contribution in [0.15, 0.2) is 63.7 Å². The van der Waals surface area contributed by atoms with E-state index in [9.17, 15) is 23.2 Å². The number of benzene rings is 3. The van der Waals surface area contributed by atoms with Gasteiger partial charge < -0.3 is 10.2 Å². The zero-order valence-corrected chi connectivity index (χ0v) is 14.0. The third-order valence-corrected chi connectivity index (χ3v) is 4.57. The fraction of sp³-hybridized carbons (Fsp3) is 0. The van der Waals surface area contributed by atoms with Crippen molar-refractivity contribution in [2.75, 3.05) is 0 Å². The highest BCUT2D eigenvalue weighted by Crippen LogP contribution is 2.40. The van der Waals surface area contributed by atoms with Gasteiger partial charge in [-0.25, -0.2) is 0 Å². The number of halogens is 1. The third kappa shape index (κ3) is 3.41. The molecule has 0 aliphatic heterocycles. The van der Waals surface area contributed by atoms with Gasteiger partial charge in [-0.2, -0.15) is 8.42 Å². The van der Waals surface area contributed by atoms with E-state index in [1.165, 1.54) is 30.3 Å². The Labute approximate surface area is 147 Å². The lowest BCUT2D eigenvalue weighted by atomic mass is 10.1. The first-order chi connectivity index (χ1) is 11.8. The number of hydrogen-bond acceptors (Lipinski definition) is 6. The van der Waals surface area contributed by atoms with Crippen LogP contribution < -0.4 is 0 Å². The standard InChI is InChI=1S/C16H11ClN2O5S/c17-9-5-6-14(20)12(7-9)18-19-13-8-15(25(22,23)24)10-3-1-2-4-11(10)16(13)21/h1-8,20-21H,(H,22,23,24). The molecule has 0 fully saturated rings. The molecule has 9 heteroatoms. The molecule has 25 heavy (non-hydrogen) atoms. The molecular weight excluding hydrogens is 368 g/mol. The molecular formula is C16H11ClN2O5S. The molecule has 3 N–H and O–H groups in total. The summed E-state index contributed by atoms with van der Waals surface area (Å²) >= 11 is 5.82. The molecule has 0 amide bonds. The zero-order chi connectivity index (χ0) is 18.2. The summed E-state index contributed by atoms with van der Waals surface area (Å²) in [6.45, 7) is 0. The van der Waals surface area contributed by atoms with Gasteiger partial charge in [-0.05, 0) is 24.3 Å². The maximum absolute atomic E-state index is 11.6. The van der Waals surface area contributed by atoms with E-state index in [-0.39, 0.29) is 33.6 Å².